The molecule has 0 saturated carbocycles. The highest BCUT2D eigenvalue weighted by molar-refractivity contribution is 7.17. The number of hydrogen-bond donors (Lipinski definition) is 0. The molecule has 0 bridgehead atoms. The minimum Gasteiger partial charge on any atom is -0.351 e. The largest absolute Gasteiger partial charge is 0.351 e. The molecule has 1 unspecified atom stereocenters. The zero-order valence-electron chi connectivity index (χ0n) is 15.2. The number of aromatic nitrogens is 2. The molecule has 1 aliphatic rings. The molecule has 146 valence electrons. The van der Waals surface area contributed by atoms with Crippen LogP contribution in [0, 0.1) is 11.6 Å². The van der Waals surface area contributed by atoms with E-state index in [9.17, 15) is 13.6 Å². The second-order valence-corrected chi connectivity index (χ2v) is 8.08. The second-order valence-electron chi connectivity index (χ2n) is 6.76. The molecular formula is C19H17ClF2N4OS. The van der Waals surface area contributed by atoms with Crippen molar-refractivity contribution in [3.8, 4) is 11.4 Å². The Morgan fingerprint density at radius 2 is 2.04 bits per heavy atom. The van der Waals surface area contributed by atoms with Gasteiger partial charge in [0.25, 0.3) is 0 Å². The summed E-state index contributed by atoms with van der Waals surface area (Å²) in [6.45, 7) is 5.32. The number of amides is 1. The van der Waals surface area contributed by atoms with E-state index >= 15 is 0 Å². The van der Waals surface area contributed by atoms with Gasteiger partial charge < -0.3 is 9.80 Å². The monoisotopic (exact) mass is 422 g/mol. The molecule has 9 heteroatoms. The topological polar surface area (TPSA) is 49.3 Å². The summed E-state index contributed by atoms with van der Waals surface area (Å²) in [5, 5.41) is 1.60. The van der Waals surface area contributed by atoms with Gasteiger partial charge in [-0.1, -0.05) is 11.6 Å². The molecule has 1 aliphatic heterocycles. The molecule has 3 aromatic rings. The maximum Gasteiger partial charge on any atom is 0.219 e. The minimum atomic E-state index is -0.725. The number of anilines is 1. The number of nitrogens with zero attached hydrogens (tertiary/aromatic N) is 4. The van der Waals surface area contributed by atoms with E-state index in [2.05, 4.69) is 14.9 Å². The van der Waals surface area contributed by atoms with Crippen molar-refractivity contribution in [1.29, 1.82) is 0 Å². The van der Waals surface area contributed by atoms with E-state index < -0.39 is 11.6 Å². The van der Waals surface area contributed by atoms with Crippen LogP contribution in [-0.2, 0) is 4.79 Å². The first-order valence-corrected chi connectivity index (χ1v) is 10.0. The number of carbonyl (C=O) groups excluding carboxylic acids is 1. The zero-order valence-corrected chi connectivity index (χ0v) is 16.8. The number of fused-ring (bicyclic) bond motifs is 1. The fourth-order valence-electron chi connectivity index (χ4n) is 3.49. The average Bonchev–Trinajstić information content (AvgIpc) is 3.12. The van der Waals surface area contributed by atoms with Crippen molar-refractivity contribution in [2.45, 2.75) is 19.9 Å². The second kappa shape index (κ2) is 7.25. The van der Waals surface area contributed by atoms with Gasteiger partial charge in [-0.25, -0.2) is 18.7 Å². The maximum absolute atomic E-state index is 14.4. The summed E-state index contributed by atoms with van der Waals surface area (Å²) in [4.78, 5) is 24.6. The Hall–Kier alpha value is -2.32. The van der Waals surface area contributed by atoms with Crippen molar-refractivity contribution in [3.63, 3.8) is 0 Å². The van der Waals surface area contributed by atoms with Gasteiger partial charge in [-0.3, -0.25) is 4.79 Å². The van der Waals surface area contributed by atoms with Crippen LogP contribution in [0.3, 0.4) is 0 Å². The van der Waals surface area contributed by atoms with Crippen molar-refractivity contribution in [3.05, 3.63) is 40.2 Å². The predicted molar refractivity (Wildman–Crippen MR) is 107 cm³/mol. The first kappa shape index (κ1) is 19.0. The van der Waals surface area contributed by atoms with Crippen LogP contribution in [0.1, 0.15) is 13.8 Å². The number of hydrogen-bond acceptors (Lipinski definition) is 5. The summed E-state index contributed by atoms with van der Waals surface area (Å²) in [6, 6.07) is 3.80. The van der Waals surface area contributed by atoms with Gasteiger partial charge in [-0.05, 0) is 30.5 Å². The molecule has 1 fully saturated rings. The Morgan fingerprint density at radius 1 is 1.25 bits per heavy atom. The van der Waals surface area contributed by atoms with Crippen LogP contribution < -0.4 is 4.90 Å². The Bertz CT molecular complexity index is 1070. The minimum absolute atomic E-state index is 0.0180. The normalized spacial score (nSPS) is 17.4. The van der Waals surface area contributed by atoms with Crippen LogP contribution in [0.5, 0.6) is 0 Å². The molecule has 3 heterocycles. The standard InChI is InChI=1S/C19H17ClF2N4OS/c1-10-9-25(4-5-26(10)11(2)27)19-17-16(3-6-28-17)23-18(24-19)12-7-15(22)13(20)8-14(12)21/h3,6-8,10H,4-5,9H2,1-2H3. The van der Waals surface area contributed by atoms with Crippen LogP contribution in [0.15, 0.2) is 23.6 Å². The molecule has 5 nitrogen and oxygen atoms in total. The first-order valence-electron chi connectivity index (χ1n) is 8.77. The Balaban J connectivity index is 1.79. The summed E-state index contributed by atoms with van der Waals surface area (Å²) >= 11 is 7.16. The SMILES string of the molecule is CC(=O)N1CCN(c2nc(-c3cc(F)c(Cl)cc3F)nc3ccsc23)CC1C. The third-order valence-electron chi connectivity index (χ3n) is 4.87. The van der Waals surface area contributed by atoms with E-state index in [1.54, 1.807) is 6.92 Å². The lowest BCUT2D eigenvalue weighted by Crippen LogP contribution is -2.53. The lowest BCUT2D eigenvalue weighted by molar-refractivity contribution is -0.131. The highest BCUT2D eigenvalue weighted by atomic mass is 35.5. The van der Waals surface area contributed by atoms with Gasteiger partial charge in [0.05, 0.1) is 20.8 Å². The molecule has 0 N–H and O–H groups in total. The van der Waals surface area contributed by atoms with Crippen molar-refractivity contribution in [2.75, 3.05) is 24.5 Å². The quantitative estimate of drug-likeness (QED) is 0.576. The van der Waals surface area contributed by atoms with E-state index in [0.717, 1.165) is 16.8 Å². The van der Waals surface area contributed by atoms with Crippen LogP contribution >= 0.6 is 22.9 Å². The van der Waals surface area contributed by atoms with Crippen molar-refractivity contribution >= 4 is 44.9 Å². The molecule has 1 aromatic carbocycles. The summed E-state index contributed by atoms with van der Waals surface area (Å²) < 4.78 is 29.2. The van der Waals surface area contributed by atoms with E-state index in [1.165, 1.54) is 11.3 Å². The highest BCUT2D eigenvalue weighted by Gasteiger charge is 2.28. The molecule has 0 aliphatic carbocycles. The highest BCUT2D eigenvalue weighted by Crippen LogP contribution is 2.34. The number of halogens is 3. The number of piperazine rings is 1. The maximum atomic E-state index is 14.4. The summed E-state index contributed by atoms with van der Waals surface area (Å²) in [6.07, 6.45) is 0. The molecule has 0 radical (unpaired) electrons. The van der Waals surface area contributed by atoms with E-state index in [-0.39, 0.29) is 28.4 Å². The zero-order chi connectivity index (χ0) is 20.0. The molecule has 1 atom stereocenters. The van der Waals surface area contributed by atoms with Gasteiger partial charge in [0, 0.05) is 32.6 Å². The number of thiophene rings is 1. The molecule has 1 saturated heterocycles. The van der Waals surface area contributed by atoms with Gasteiger partial charge >= 0.3 is 0 Å². The average molecular weight is 423 g/mol. The van der Waals surface area contributed by atoms with E-state index in [0.29, 0.717) is 31.0 Å². The summed E-state index contributed by atoms with van der Waals surface area (Å²) in [7, 11) is 0. The van der Waals surface area contributed by atoms with Crippen LogP contribution in [-0.4, -0.2) is 46.5 Å². The summed E-state index contributed by atoms with van der Waals surface area (Å²) in [5.74, 6) is -0.593. The lowest BCUT2D eigenvalue weighted by Gasteiger charge is -2.40. The smallest absolute Gasteiger partial charge is 0.219 e. The predicted octanol–water partition coefficient (Wildman–Crippen LogP) is 4.35. The van der Waals surface area contributed by atoms with E-state index in [4.69, 9.17) is 11.6 Å². The van der Waals surface area contributed by atoms with Crippen molar-refractivity contribution < 1.29 is 13.6 Å². The van der Waals surface area contributed by atoms with Gasteiger partial charge in [-0.2, -0.15) is 0 Å². The van der Waals surface area contributed by atoms with Crippen molar-refractivity contribution in [1.82, 2.24) is 14.9 Å². The first-order chi connectivity index (χ1) is 13.3. The third kappa shape index (κ3) is 3.31. The lowest BCUT2D eigenvalue weighted by atomic mass is 10.1. The summed E-state index contributed by atoms with van der Waals surface area (Å²) in [5.41, 5.74) is 0.632. The van der Waals surface area contributed by atoms with E-state index in [1.807, 2.05) is 23.3 Å². The Kier molecular flexibility index (Phi) is 4.93. The molecule has 28 heavy (non-hydrogen) atoms. The van der Waals surface area contributed by atoms with Gasteiger partial charge in [0.2, 0.25) is 5.91 Å². The Morgan fingerprint density at radius 3 is 2.75 bits per heavy atom. The number of carbonyl (C=O) groups is 1. The van der Waals surface area contributed by atoms with Crippen molar-refractivity contribution in [2.24, 2.45) is 0 Å². The van der Waals surface area contributed by atoms with Gasteiger partial charge in [0.1, 0.15) is 11.6 Å². The number of benzene rings is 1. The van der Waals surface area contributed by atoms with Gasteiger partial charge in [0.15, 0.2) is 11.6 Å². The molecule has 0 spiro atoms. The van der Waals surface area contributed by atoms with Crippen LogP contribution in [0.25, 0.3) is 21.6 Å². The molecule has 4 rings (SSSR count). The van der Waals surface area contributed by atoms with Crippen LogP contribution in [0.4, 0.5) is 14.6 Å². The fraction of sp³-hybridized carbons (Fsp3) is 0.316. The number of rotatable bonds is 2. The Labute approximate surface area is 169 Å². The fourth-order valence-corrected chi connectivity index (χ4v) is 4.49. The van der Waals surface area contributed by atoms with Gasteiger partial charge in [-0.15, -0.1) is 11.3 Å². The molecule has 1 amide bonds. The third-order valence-corrected chi connectivity index (χ3v) is 6.06. The molecule has 2 aromatic heterocycles. The van der Waals surface area contributed by atoms with Crippen LogP contribution in [0.2, 0.25) is 5.02 Å². The molecular weight excluding hydrogens is 406 g/mol.